The fraction of sp³-hybridized carbons (Fsp3) is 0.455. The molecule has 0 bridgehead atoms. The monoisotopic (exact) mass is 247 g/mol. The number of hydrogen-bond donors (Lipinski definition) is 0. The summed E-state index contributed by atoms with van der Waals surface area (Å²) in [5.41, 5.74) is 0.763. The first-order valence-electron chi connectivity index (χ1n) is 5.03. The van der Waals surface area contributed by atoms with Crippen molar-refractivity contribution in [2.45, 2.75) is 26.4 Å². The summed E-state index contributed by atoms with van der Waals surface area (Å²) < 4.78 is 40.3. The van der Waals surface area contributed by atoms with Crippen molar-refractivity contribution in [1.82, 2.24) is 4.98 Å². The van der Waals surface area contributed by atoms with Crippen LogP contribution in [0.2, 0.25) is 0 Å². The van der Waals surface area contributed by atoms with Gasteiger partial charge >= 0.3 is 6.18 Å². The average Bonchev–Trinajstić information content (AvgIpc) is 2.23. The van der Waals surface area contributed by atoms with Gasteiger partial charge in [0.1, 0.15) is 0 Å². The molecule has 0 saturated heterocycles. The minimum Gasteiger partial charge on any atom is -0.468 e. The van der Waals surface area contributed by atoms with E-state index in [1.807, 2.05) is 0 Å². The smallest absolute Gasteiger partial charge is 0.422 e. The van der Waals surface area contributed by atoms with Crippen molar-refractivity contribution in [2.75, 3.05) is 6.61 Å². The number of ketones is 1. The van der Waals surface area contributed by atoms with Gasteiger partial charge in [0, 0.05) is 23.7 Å². The summed E-state index contributed by atoms with van der Waals surface area (Å²) in [5, 5.41) is 0. The first-order chi connectivity index (χ1) is 7.81. The highest BCUT2D eigenvalue weighted by Crippen LogP contribution is 2.19. The average molecular weight is 247 g/mol. The molecule has 0 aliphatic carbocycles. The van der Waals surface area contributed by atoms with Crippen LogP contribution in [0.1, 0.15) is 29.4 Å². The van der Waals surface area contributed by atoms with Crippen LogP contribution in [0.15, 0.2) is 12.1 Å². The fourth-order valence-electron chi connectivity index (χ4n) is 1.23. The second kappa shape index (κ2) is 5.16. The van der Waals surface area contributed by atoms with Crippen molar-refractivity contribution < 1.29 is 22.7 Å². The maximum Gasteiger partial charge on any atom is 0.422 e. The summed E-state index contributed by atoms with van der Waals surface area (Å²) in [6, 6.07) is 2.75. The highest BCUT2D eigenvalue weighted by atomic mass is 19.4. The lowest BCUT2D eigenvalue weighted by atomic mass is 10.1. The van der Waals surface area contributed by atoms with Gasteiger partial charge in [-0.1, -0.05) is 6.92 Å². The van der Waals surface area contributed by atoms with E-state index in [2.05, 4.69) is 9.72 Å². The maximum absolute atomic E-state index is 11.9. The number of hydrogen-bond acceptors (Lipinski definition) is 3. The lowest BCUT2D eigenvalue weighted by molar-refractivity contribution is -0.154. The number of ether oxygens (including phenoxy) is 1. The normalized spacial score (nSPS) is 11.4. The molecule has 0 N–H and O–H groups in total. The van der Waals surface area contributed by atoms with E-state index in [4.69, 9.17) is 0 Å². The van der Waals surface area contributed by atoms with E-state index in [1.165, 1.54) is 12.1 Å². The fourth-order valence-corrected chi connectivity index (χ4v) is 1.23. The topological polar surface area (TPSA) is 39.2 Å². The van der Waals surface area contributed by atoms with Crippen molar-refractivity contribution in [3.63, 3.8) is 0 Å². The van der Waals surface area contributed by atoms with E-state index in [9.17, 15) is 18.0 Å². The predicted molar refractivity (Wildman–Crippen MR) is 55.1 cm³/mol. The molecule has 94 valence electrons. The van der Waals surface area contributed by atoms with Gasteiger partial charge in [0.25, 0.3) is 0 Å². The number of aromatic nitrogens is 1. The van der Waals surface area contributed by atoms with Crippen LogP contribution in [0.25, 0.3) is 0 Å². The Labute approximate surface area is 96.6 Å². The number of pyridine rings is 1. The van der Waals surface area contributed by atoms with Gasteiger partial charge in [-0.15, -0.1) is 0 Å². The zero-order valence-corrected chi connectivity index (χ0v) is 9.47. The van der Waals surface area contributed by atoms with Crippen molar-refractivity contribution >= 4 is 5.78 Å². The SMILES string of the molecule is CCC(=O)c1cc(C)nc(OCC(F)(F)F)c1. The summed E-state index contributed by atoms with van der Waals surface area (Å²) in [7, 11) is 0. The Morgan fingerprint density at radius 1 is 1.41 bits per heavy atom. The number of carbonyl (C=O) groups excluding carboxylic acids is 1. The third-order valence-electron chi connectivity index (χ3n) is 1.96. The van der Waals surface area contributed by atoms with Gasteiger partial charge in [-0.3, -0.25) is 4.79 Å². The first kappa shape index (κ1) is 13.5. The number of alkyl halides is 3. The molecule has 0 unspecified atom stereocenters. The van der Waals surface area contributed by atoms with Crippen LogP contribution in [0, 0.1) is 6.92 Å². The Balaban J connectivity index is 2.86. The molecule has 6 heteroatoms. The van der Waals surface area contributed by atoms with Crippen LogP contribution in [-0.2, 0) is 0 Å². The summed E-state index contributed by atoms with van der Waals surface area (Å²) in [5.74, 6) is -0.341. The number of Topliss-reactive ketones (excluding diaryl/α,β-unsaturated/α-hetero) is 1. The van der Waals surface area contributed by atoms with E-state index in [1.54, 1.807) is 13.8 Å². The molecule has 0 aliphatic rings. The molecule has 0 amide bonds. The number of rotatable bonds is 4. The molecule has 17 heavy (non-hydrogen) atoms. The quantitative estimate of drug-likeness (QED) is 0.768. The minimum atomic E-state index is -4.42. The standard InChI is InChI=1S/C11H12F3NO2/c1-3-9(16)8-4-7(2)15-10(5-8)17-6-11(12,13)14/h4-5H,3,6H2,1-2H3. The van der Waals surface area contributed by atoms with E-state index in [0.717, 1.165) is 0 Å². The molecule has 0 saturated carbocycles. The maximum atomic E-state index is 11.9. The highest BCUT2D eigenvalue weighted by molar-refractivity contribution is 5.96. The Morgan fingerprint density at radius 3 is 2.59 bits per heavy atom. The molecule has 1 aromatic heterocycles. The van der Waals surface area contributed by atoms with Crippen LogP contribution >= 0.6 is 0 Å². The van der Waals surface area contributed by atoms with E-state index < -0.39 is 12.8 Å². The lowest BCUT2D eigenvalue weighted by Gasteiger charge is -2.09. The predicted octanol–water partition coefficient (Wildman–Crippen LogP) is 2.92. The van der Waals surface area contributed by atoms with Gasteiger partial charge in [-0.2, -0.15) is 13.2 Å². The Kier molecular flexibility index (Phi) is 4.09. The van der Waals surface area contributed by atoms with Gasteiger partial charge in [0.2, 0.25) is 5.88 Å². The molecule has 0 radical (unpaired) electrons. The van der Waals surface area contributed by atoms with Gasteiger partial charge in [-0.05, 0) is 13.0 Å². The molecule has 0 spiro atoms. The molecule has 0 fully saturated rings. The van der Waals surface area contributed by atoms with Crippen LogP contribution in [0.3, 0.4) is 0 Å². The number of halogens is 3. The van der Waals surface area contributed by atoms with Crippen LogP contribution < -0.4 is 4.74 Å². The van der Waals surface area contributed by atoms with Crippen molar-refractivity contribution in [3.05, 3.63) is 23.4 Å². The molecular formula is C11H12F3NO2. The highest BCUT2D eigenvalue weighted by Gasteiger charge is 2.28. The van der Waals surface area contributed by atoms with E-state index >= 15 is 0 Å². The van der Waals surface area contributed by atoms with Crippen LogP contribution in [0.4, 0.5) is 13.2 Å². The van der Waals surface area contributed by atoms with Crippen molar-refractivity contribution in [1.29, 1.82) is 0 Å². The zero-order valence-electron chi connectivity index (χ0n) is 9.47. The number of nitrogens with zero attached hydrogens (tertiary/aromatic N) is 1. The second-order valence-corrected chi connectivity index (χ2v) is 3.52. The summed E-state index contributed by atoms with van der Waals surface area (Å²) in [6.07, 6.45) is -4.14. The van der Waals surface area contributed by atoms with E-state index in [-0.39, 0.29) is 18.1 Å². The Hall–Kier alpha value is -1.59. The van der Waals surface area contributed by atoms with E-state index in [0.29, 0.717) is 11.3 Å². The number of aryl methyl sites for hydroxylation is 1. The molecule has 0 aliphatic heterocycles. The van der Waals surface area contributed by atoms with Crippen molar-refractivity contribution in [2.24, 2.45) is 0 Å². The molecule has 1 rings (SSSR count). The third-order valence-corrected chi connectivity index (χ3v) is 1.96. The van der Waals surface area contributed by atoms with Crippen LogP contribution in [0.5, 0.6) is 5.88 Å². The van der Waals surface area contributed by atoms with Gasteiger partial charge < -0.3 is 4.74 Å². The largest absolute Gasteiger partial charge is 0.468 e. The summed E-state index contributed by atoms with van der Waals surface area (Å²) >= 11 is 0. The first-order valence-corrected chi connectivity index (χ1v) is 5.03. The Morgan fingerprint density at radius 2 is 2.06 bits per heavy atom. The van der Waals surface area contributed by atoms with Gasteiger partial charge in [0.15, 0.2) is 12.4 Å². The van der Waals surface area contributed by atoms with Crippen molar-refractivity contribution in [3.8, 4) is 5.88 Å². The second-order valence-electron chi connectivity index (χ2n) is 3.52. The molecule has 1 heterocycles. The van der Waals surface area contributed by atoms with Gasteiger partial charge in [-0.25, -0.2) is 4.98 Å². The number of carbonyl (C=O) groups is 1. The minimum absolute atomic E-state index is 0.160. The molecule has 0 aromatic carbocycles. The van der Waals surface area contributed by atoms with Gasteiger partial charge in [0.05, 0.1) is 0 Å². The molecule has 3 nitrogen and oxygen atoms in total. The summed E-state index contributed by atoms with van der Waals surface area (Å²) in [4.78, 5) is 15.2. The summed E-state index contributed by atoms with van der Waals surface area (Å²) in [6.45, 7) is 1.85. The third kappa shape index (κ3) is 4.42. The van der Waals surface area contributed by atoms with Crippen LogP contribution in [-0.4, -0.2) is 23.6 Å². The Bertz CT molecular complexity index is 416. The zero-order chi connectivity index (χ0) is 13.1. The molecular weight excluding hydrogens is 235 g/mol. The lowest BCUT2D eigenvalue weighted by Crippen LogP contribution is -2.20. The molecule has 1 aromatic rings. The molecule has 0 atom stereocenters.